The van der Waals surface area contributed by atoms with Crippen molar-refractivity contribution >= 4 is 17.5 Å². The summed E-state index contributed by atoms with van der Waals surface area (Å²) in [6.07, 6.45) is 2.32. The number of hydrogen-bond acceptors (Lipinski definition) is 3. The fourth-order valence-electron chi connectivity index (χ4n) is 2.69. The largest absolute Gasteiger partial charge is 0.506 e. The van der Waals surface area contributed by atoms with Crippen LogP contribution < -0.4 is 5.32 Å². The third-order valence-electron chi connectivity index (χ3n) is 3.93. The van der Waals surface area contributed by atoms with Crippen LogP contribution in [-0.4, -0.2) is 41.6 Å². The van der Waals surface area contributed by atoms with E-state index in [9.17, 15) is 9.90 Å². The number of phenolic OH excluding ortho intramolecular Hbond substituents is 1. The molecule has 1 amide bonds. The summed E-state index contributed by atoms with van der Waals surface area (Å²) < 4.78 is 0. The van der Waals surface area contributed by atoms with Crippen LogP contribution in [0, 0.1) is 5.92 Å². The van der Waals surface area contributed by atoms with E-state index < -0.39 is 0 Å². The van der Waals surface area contributed by atoms with Gasteiger partial charge in [0.2, 0.25) is 0 Å². The Morgan fingerprint density at radius 1 is 1.52 bits per heavy atom. The number of carbonyl (C=O) groups excluding carboxylic acids is 1. The number of nitrogens with one attached hydrogen (secondary N) is 1. The maximum Gasteiger partial charge on any atom is 0.254 e. The van der Waals surface area contributed by atoms with Crippen molar-refractivity contribution in [3.05, 3.63) is 28.8 Å². The maximum atomic E-state index is 12.7. The summed E-state index contributed by atoms with van der Waals surface area (Å²) in [5.41, 5.74) is 0.523. The van der Waals surface area contributed by atoms with Gasteiger partial charge >= 0.3 is 0 Å². The minimum absolute atomic E-state index is 0.000735. The van der Waals surface area contributed by atoms with E-state index in [1.807, 2.05) is 18.7 Å². The fraction of sp³-hybridized carbons (Fsp3) is 0.562. The lowest BCUT2D eigenvalue weighted by atomic mass is 9.98. The third kappa shape index (κ3) is 4.11. The summed E-state index contributed by atoms with van der Waals surface area (Å²) in [6, 6.07) is 4.76. The Morgan fingerprint density at radius 3 is 2.86 bits per heavy atom. The van der Waals surface area contributed by atoms with E-state index in [4.69, 9.17) is 11.6 Å². The summed E-state index contributed by atoms with van der Waals surface area (Å²) in [5.74, 6) is 0.468. The summed E-state index contributed by atoms with van der Waals surface area (Å²) >= 11 is 5.90. The standard InChI is InChI=1S/C16H23ClN2O2/c1-11(2)19(10-12-4-3-7-18-9-12)16(21)13-5-6-15(20)14(17)8-13/h5-6,8,11-12,18,20H,3-4,7,9-10H2,1-2H3. The number of halogens is 1. The Labute approximate surface area is 131 Å². The van der Waals surface area contributed by atoms with E-state index in [1.165, 1.54) is 12.1 Å². The molecule has 2 N–H and O–H groups in total. The van der Waals surface area contributed by atoms with Crippen molar-refractivity contribution in [1.29, 1.82) is 0 Å². The molecule has 116 valence electrons. The third-order valence-corrected chi connectivity index (χ3v) is 4.24. The van der Waals surface area contributed by atoms with Gasteiger partial charge in [-0.1, -0.05) is 11.6 Å². The Morgan fingerprint density at radius 2 is 2.29 bits per heavy atom. The molecule has 1 atom stereocenters. The smallest absolute Gasteiger partial charge is 0.254 e. The van der Waals surface area contributed by atoms with E-state index in [0.717, 1.165) is 32.5 Å². The summed E-state index contributed by atoms with van der Waals surface area (Å²) in [4.78, 5) is 14.6. The first kappa shape index (κ1) is 16.1. The molecule has 4 nitrogen and oxygen atoms in total. The average molecular weight is 311 g/mol. The predicted molar refractivity (Wildman–Crippen MR) is 84.9 cm³/mol. The molecule has 0 radical (unpaired) electrons. The summed E-state index contributed by atoms with van der Waals surface area (Å²) in [6.45, 7) is 6.83. The zero-order valence-corrected chi connectivity index (χ0v) is 13.4. The van der Waals surface area contributed by atoms with Crippen LogP contribution in [0.3, 0.4) is 0 Å². The number of hydrogen-bond donors (Lipinski definition) is 2. The lowest BCUT2D eigenvalue weighted by Crippen LogP contribution is -2.44. The van der Waals surface area contributed by atoms with Gasteiger partial charge in [0, 0.05) is 18.2 Å². The molecule has 0 saturated carbocycles. The van der Waals surface area contributed by atoms with Crippen LogP contribution in [0.5, 0.6) is 5.75 Å². The minimum atomic E-state index is -0.0301. The SMILES string of the molecule is CC(C)N(CC1CCCNC1)C(=O)c1ccc(O)c(Cl)c1. The van der Waals surface area contributed by atoms with Crippen molar-refractivity contribution in [2.75, 3.05) is 19.6 Å². The first-order valence-corrected chi connectivity index (χ1v) is 7.87. The van der Waals surface area contributed by atoms with Gasteiger partial charge in [0.15, 0.2) is 0 Å². The lowest BCUT2D eigenvalue weighted by Gasteiger charge is -2.33. The van der Waals surface area contributed by atoms with Crippen molar-refractivity contribution in [1.82, 2.24) is 10.2 Å². The molecule has 0 spiro atoms. The Bertz CT molecular complexity index is 499. The maximum absolute atomic E-state index is 12.7. The molecule has 1 heterocycles. The van der Waals surface area contributed by atoms with Crippen molar-refractivity contribution in [2.24, 2.45) is 5.92 Å². The zero-order chi connectivity index (χ0) is 15.4. The molecule has 21 heavy (non-hydrogen) atoms. The molecule has 2 rings (SSSR count). The van der Waals surface area contributed by atoms with Gasteiger partial charge in [-0.2, -0.15) is 0 Å². The molecule has 1 aliphatic rings. The quantitative estimate of drug-likeness (QED) is 0.899. The number of benzene rings is 1. The van der Waals surface area contributed by atoms with Crippen LogP contribution in [0.25, 0.3) is 0 Å². The molecule has 0 bridgehead atoms. The molecular formula is C16H23ClN2O2. The van der Waals surface area contributed by atoms with Crippen LogP contribution >= 0.6 is 11.6 Å². The van der Waals surface area contributed by atoms with E-state index in [1.54, 1.807) is 6.07 Å². The van der Waals surface area contributed by atoms with Gasteiger partial charge in [-0.15, -0.1) is 0 Å². The van der Waals surface area contributed by atoms with E-state index in [2.05, 4.69) is 5.32 Å². The van der Waals surface area contributed by atoms with Gasteiger partial charge in [-0.25, -0.2) is 0 Å². The molecule has 0 aliphatic carbocycles. The van der Waals surface area contributed by atoms with Crippen LogP contribution in [0.15, 0.2) is 18.2 Å². The minimum Gasteiger partial charge on any atom is -0.506 e. The van der Waals surface area contributed by atoms with Crippen LogP contribution in [-0.2, 0) is 0 Å². The first-order chi connectivity index (χ1) is 9.99. The highest BCUT2D eigenvalue weighted by atomic mass is 35.5. The van der Waals surface area contributed by atoms with Crippen molar-refractivity contribution < 1.29 is 9.90 Å². The number of phenols is 1. The van der Waals surface area contributed by atoms with Gasteiger partial charge in [-0.05, 0) is 63.9 Å². The highest BCUT2D eigenvalue weighted by Crippen LogP contribution is 2.25. The molecule has 1 aliphatic heterocycles. The summed E-state index contributed by atoms with van der Waals surface area (Å²) in [7, 11) is 0. The van der Waals surface area contributed by atoms with Gasteiger partial charge in [-0.3, -0.25) is 4.79 Å². The second kappa shape index (κ2) is 7.14. The van der Waals surface area contributed by atoms with Gasteiger partial charge in [0.25, 0.3) is 5.91 Å². The second-order valence-corrected chi connectivity index (χ2v) is 6.34. The van der Waals surface area contributed by atoms with Crippen LogP contribution in [0.2, 0.25) is 5.02 Å². The lowest BCUT2D eigenvalue weighted by molar-refractivity contribution is 0.0661. The Balaban J connectivity index is 2.12. The summed E-state index contributed by atoms with van der Waals surface area (Å²) in [5, 5.41) is 13.1. The molecule has 0 aromatic heterocycles. The number of carbonyl (C=O) groups is 1. The molecule has 1 fully saturated rings. The molecule has 1 saturated heterocycles. The van der Waals surface area contributed by atoms with Gasteiger partial charge < -0.3 is 15.3 Å². The topological polar surface area (TPSA) is 52.6 Å². The van der Waals surface area contributed by atoms with Gasteiger partial charge in [0.05, 0.1) is 5.02 Å². The van der Waals surface area contributed by atoms with Gasteiger partial charge in [0.1, 0.15) is 5.75 Å². The van der Waals surface area contributed by atoms with Crippen molar-refractivity contribution in [3.8, 4) is 5.75 Å². The number of aromatic hydroxyl groups is 1. The predicted octanol–water partition coefficient (Wildman–Crippen LogP) is 2.90. The highest BCUT2D eigenvalue weighted by Gasteiger charge is 2.24. The van der Waals surface area contributed by atoms with E-state index in [0.29, 0.717) is 11.5 Å². The Kier molecular flexibility index (Phi) is 5.48. The second-order valence-electron chi connectivity index (χ2n) is 5.93. The molecule has 1 unspecified atom stereocenters. The fourth-order valence-corrected chi connectivity index (χ4v) is 2.87. The molecular weight excluding hydrogens is 288 g/mol. The average Bonchev–Trinajstić information content (AvgIpc) is 2.47. The molecule has 1 aromatic rings. The molecule has 1 aromatic carbocycles. The number of rotatable bonds is 4. The number of nitrogens with zero attached hydrogens (tertiary/aromatic N) is 1. The van der Waals surface area contributed by atoms with Crippen LogP contribution in [0.4, 0.5) is 0 Å². The van der Waals surface area contributed by atoms with Crippen LogP contribution in [0.1, 0.15) is 37.0 Å². The highest BCUT2D eigenvalue weighted by molar-refractivity contribution is 6.32. The normalized spacial score (nSPS) is 18.8. The van der Waals surface area contributed by atoms with E-state index in [-0.39, 0.29) is 22.7 Å². The molecule has 5 heteroatoms. The number of amides is 1. The number of piperidine rings is 1. The van der Waals surface area contributed by atoms with E-state index >= 15 is 0 Å². The first-order valence-electron chi connectivity index (χ1n) is 7.49. The Hall–Kier alpha value is -1.26. The van der Waals surface area contributed by atoms with Crippen molar-refractivity contribution in [2.45, 2.75) is 32.7 Å². The monoisotopic (exact) mass is 310 g/mol. The van der Waals surface area contributed by atoms with Crippen molar-refractivity contribution in [3.63, 3.8) is 0 Å². The zero-order valence-electron chi connectivity index (χ0n) is 12.6.